The van der Waals surface area contributed by atoms with Crippen LogP contribution in [0.4, 0.5) is 0 Å². The highest BCUT2D eigenvalue weighted by atomic mass is 32.2. The quantitative estimate of drug-likeness (QED) is 0.743. The molecule has 2 aromatic rings. The Labute approximate surface area is 155 Å². The zero-order chi connectivity index (χ0) is 18.4. The Morgan fingerprint density at radius 1 is 1.08 bits per heavy atom. The van der Waals surface area contributed by atoms with E-state index in [-0.39, 0.29) is 17.4 Å². The summed E-state index contributed by atoms with van der Waals surface area (Å²) in [5.74, 6) is 1.26. The van der Waals surface area contributed by atoms with E-state index in [1.54, 1.807) is 7.11 Å². The first-order valence-corrected chi connectivity index (χ1v) is 9.45. The van der Waals surface area contributed by atoms with Crippen molar-refractivity contribution in [2.24, 2.45) is 0 Å². The van der Waals surface area contributed by atoms with Crippen LogP contribution in [0.25, 0.3) is 0 Å². The van der Waals surface area contributed by atoms with Crippen LogP contribution >= 0.6 is 11.8 Å². The van der Waals surface area contributed by atoms with Gasteiger partial charge in [0.1, 0.15) is 5.75 Å². The molecule has 1 N–H and O–H groups in total. The molecule has 0 aliphatic heterocycles. The van der Waals surface area contributed by atoms with Crippen LogP contribution in [-0.4, -0.2) is 18.8 Å². The molecule has 134 valence electrons. The highest BCUT2D eigenvalue weighted by Crippen LogP contribution is 2.24. The number of hydrogen-bond donors (Lipinski definition) is 1. The number of ether oxygens (including phenoxy) is 1. The van der Waals surface area contributed by atoms with Crippen molar-refractivity contribution in [2.75, 3.05) is 12.9 Å². The number of nitrogens with one attached hydrogen (secondary N) is 1. The van der Waals surface area contributed by atoms with Crippen LogP contribution in [0, 0.1) is 0 Å². The molecule has 0 fully saturated rings. The Kier molecular flexibility index (Phi) is 6.54. The molecule has 4 heteroatoms. The highest BCUT2D eigenvalue weighted by Gasteiger charge is 2.15. The zero-order valence-electron chi connectivity index (χ0n) is 15.6. The van der Waals surface area contributed by atoms with Gasteiger partial charge in [0.05, 0.1) is 18.9 Å². The van der Waals surface area contributed by atoms with Crippen molar-refractivity contribution in [1.29, 1.82) is 0 Å². The number of thioether (sulfide) groups is 1. The maximum absolute atomic E-state index is 12.2. The summed E-state index contributed by atoms with van der Waals surface area (Å²) in [5.41, 5.74) is 2.56. The number of amides is 1. The van der Waals surface area contributed by atoms with Crippen molar-refractivity contribution in [2.45, 2.75) is 44.0 Å². The molecule has 0 saturated carbocycles. The second-order valence-electron chi connectivity index (χ2n) is 7.13. The van der Waals surface area contributed by atoms with E-state index in [0.29, 0.717) is 5.75 Å². The van der Waals surface area contributed by atoms with E-state index >= 15 is 0 Å². The molecule has 0 heterocycles. The Morgan fingerprint density at radius 2 is 1.68 bits per heavy atom. The van der Waals surface area contributed by atoms with E-state index < -0.39 is 0 Å². The maximum atomic E-state index is 12.2. The normalized spacial score (nSPS) is 12.5. The number of rotatable bonds is 6. The first-order chi connectivity index (χ1) is 11.8. The van der Waals surface area contributed by atoms with Gasteiger partial charge in [-0.05, 0) is 47.7 Å². The molecular weight excluding hydrogens is 330 g/mol. The van der Waals surface area contributed by atoms with Gasteiger partial charge in [-0.15, -0.1) is 11.8 Å². The zero-order valence-corrected chi connectivity index (χ0v) is 16.4. The molecule has 2 rings (SSSR count). The molecule has 0 aliphatic carbocycles. The first kappa shape index (κ1) is 19.4. The predicted octanol–water partition coefficient (Wildman–Crippen LogP) is 4.96. The largest absolute Gasteiger partial charge is 0.497 e. The van der Waals surface area contributed by atoms with Crippen LogP contribution in [0.1, 0.15) is 44.9 Å². The lowest BCUT2D eigenvalue weighted by molar-refractivity contribution is -0.119. The minimum atomic E-state index is -0.00187. The predicted molar refractivity (Wildman–Crippen MR) is 105 cm³/mol. The molecule has 2 aromatic carbocycles. The fourth-order valence-electron chi connectivity index (χ4n) is 2.46. The smallest absolute Gasteiger partial charge is 0.230 e. The average molecular weight is 358 g/mol. The second kappa shape index (κ2) is 8.43. The molecule has 0 unspecified atom stereocenters. The van der Waals surface area contributed by atoms with E-state index in [9.17, 15) is 4.79 Å². The van der Waals surface area contributed by atoms with Crippen LogP contribution in [0.3, 0.4) is 0 Å². The van der Waals surface area contributed by atoms with Crippen molar-refractivity contribution in [1.82, 2.24) is 5.32 Å². The summed E-state index contributed by atoms with van der Waals surface area (Å²) in [6.07, 6.45) is 0. The molecule has 0 bridgehead atoms. The van der Waals surface area contributed by atoms with Gasteiger partial charge in [0.25, 0.3) is 0 Å². The van der Waals surface area contributed by atoms with Crippen LogP contribution in [0.15, 0.2) is 53.4 Å². The Morgan fingerprint density at radius 3 is 2.20 bits per heavy atom. The minimum absolute atomic E-state index is 0.00187. The summed E-state index contributed by atoms with van der Waals surface area (Å²) in [5, 5.41) is 3.06. The SMILES string of the molecule is COc1ccc(SCC(=O)N[C@@H](C)c2ccc(C(C)(C)C)cc2)cc1. The van der Waals surface area contributed by atoms with Crippen LogP contribution in [0.2, 0.25) is 0 Å². The van der Waals surface area contributed by atoms with Gasteiger partial charge in [-0.2, -0.15) is 0 Å². The number of carbonyl (C=O) groups excluding carboxylic acids is 1. The molecule has 0 aromatic heterocycles. The number of benzene rings is 2. The van der Waals surface area contributed by atoms with E-state index in [0.717, 1.165) is 16.2 Å². The fourth-order valence-corrected chi connectivity index (χ4v) is 3.17. The van der Waals surface area contributed by atoms with Crippen LogP contribution < -0.4 is 10.1 Å². The van der Waals surface area contributed by atoms with Crippen LogP contribution in [0.5, 0.6) is 5.75 Å². The molecule has 1 amide bonds. The van der Waals surface area contributed by atoms with E-state index in [2.05, 4.69) is 50.4 Å². The van der Waals surface area contributed by atoms with Gasteiger partial charge in [-0.3, -0.25) is 4.79 Å². The summed E-state index contributed by atoms with van der Waals surface area (Å²) < 4.78 is 5.14. The lowest BCUT2D eigenvalue weighted by Crippen LogP contribution is -2.28. The Hall–Kier alpha value is -1.94. The Balaban J connectivity index is 1.86. The van der Waals surface area contributed by atoms with Gasteiger partial charge < -0.3 is 10.1 Å². The number of methoxy groups -OCH3 is 1. The minimum Gasteiger partial charge on any atom is -0.497 e. The molecule has 0 spiro atoms. The molecule has 1 atom stereocenters. The standard InChI is InChI=1S/C21H27NO2S/c1-15(16-6-8-17(9-7-16)21(2,3)4)22-20(23)14-25-19-12-10-18(24-5)11-13-19/h6-13,15H,14H2,1-5H3,(H,22,23)/t15-/m0/s1. The summed E-state index contributed by atoms with van der Waals surface area (Å²) >= 11 is 1.52. The summed E-state index contributed by atoms with van der Waals surface area (Å²) in [6.45, 7) is 8.61. The molecular formula is C21H27NO2S. The van der Waals surface area contributed by atoms with Crippen molar-refractivity contribution >= 4 is 17.7 Å². The lowest BCUT2D eigenvalue weighted by Gasteiger charge is -2.20. The van der Waals surface area contributed by atoms with Crippen molar-refractivity contribution in [3.63, 3.8) is 0 Å². The molecule has 0 radical (unpaired) electrons. The van der Waals surface area contributed by atoms with Crippen molar-refractivity contribution < 1.29 is 9.53 Å². The third-order valence-corrected chi connectivity index (χ3v) is 5.10. The van der Waals surface area contributed by atoms with Gasteiger partial charge in [0.15, 0.2) is 0 Å². The summed E-state index contributed by atoms with van der Waals surface area (Å²) in [4.78, 5) is 13.2. The third-order valence-electron chi connectivity index (χ3n) is 4.08. The molecule has 0 saturated heterocycles. The number of carbonyl (C=O) groups is 1. The van der Waals surface area contributed by atoms with E-state index in [1.807, 2.05) is 31.2 Å². The van der Waals surface area contributed by atoms with E-state index in [1.165, 1.54) is 17.3 Å². The summed E-state index contributed by atoms with van der Waals surface area (Å²) in [7, 11) is 1.64. The first-order valence-electron chi connectivity index (χ1n) is 8.46. The van der Waals surface area contributed by atoms with Gasteiger partial charge >= 0.3 is 0 Å². The summed E-state index contributed by atoms with van der Waals surface area (Å²) in [6, 6.07) is 16.2. The monoisotopic (exact) mass is 357 g/mol. The van der Waals surface area contributed by atoms with Gasteiger partial charge in [-0.25, -0.2) is 0 Å². The molecule has 3 nitrogen and oxygen atoms in total. The average Bonchev–Trinajstić information content (AvgIpc) is 2.59. The van der Waals surface area contributed by atoms with Gasteiger partial charge in [0, 0.05) is 4.90 Å². The second-order valence-corrected chi connectivity index (χ2v) is 8.17. The lowest BCUT2D eigenvalue weighted by atomic mass is 9.86. The van der Waals surface area contributed by atoms with Crippen LogP contribution in [-0.2, 0) is 10.2 Å². The fraction of sp³-hybridized carbons (Fsp3) is 0.381. The van der Waals surface area contributed by atoms with E-state index in [4.69, 9.17) is 4.74 Å². The maximum Gasteiger partial charge on any atom is 0.230 e. The molecule has 0 aliphatic rings. The topological polar surface area (TPSA) is 38.3 Å². The van der Waals surface area contributed by atoms with Gasteiger partial charge in [0.2, 0.25) is 5.91 Å². The van der Waals surface area contributed by atoms with Crippen molar-refractivity contribution in [3.8, 4) is 5.75 Å². The van der Waals surface area contributed by atoms with Gasteiger partial charge in [-0.1, -0.05) is 45.0 Å². The van der Waals surface area contributed by atoms with Crippen molar-refractivity contribution in [3.05, 3.63) is 59.7 Å². The highest BCUT2D eigenvalue weighted by molar-refractivity contribution is 8.00. The molecule has 25 heavy (non-hydrogen) atoms. The number of hydrogen-bond acceptors (Lipinski definition) is 3. The third kappa shape index (κ3) is 5.82. The Bertz CT molecular complexity index is 687.